The van der Waals surface area contributed by atoms with E-state index in [0.29, 0.717) is 0 Å². The smallest absolute Gasteiger partial charge is 0.224 e. The van der Waals surface area contributed by atoms with Crippen LogP contribution in [0.15, 0.2) is 24.3 Å². The molecular weight excluding hydrogens is 418 g/mol. The van der Waals surface area contributed by atoms with Gasteiger partial charge in [-0.3, -0.25) is 9.69 Å². The molecule has 0 saturated carbocycles. The van der Waals surface area contributed by atoms with Crippen molar-refractivity contribution in [1.82, 2.24) is 15.5 Å². The Hall–Kier alpha value is -0.430. The summed E-state index contributed by atoms with van der Waals surface area (Å²) in [5.41, 5.74) is 1.19. The van der Waals surface area contributed by atoms with E-state index in [1.807, 2.05) is 18.2 Å². The van der Waals surface area contributed by atoms with Crippen molar-refractivity contribution in [3.05, 3.63) is 29.3 Å². The zero-order chi connectivity index (χ0) is 16.1. The molecule has 0 aromatic heterocycles. The van der Waals surface area contributed by atoms with Crippen LogP contribution >= 0.6 is 48.8 Å². The summed E-state index contributed by atoms with van der Waals surface area (Å²) in [5.74, 6) is 0.363. The average molecular weight is 446 g/mol. The third-order valence-corrected chi connectivity index (χ3v) is 4.94. The Morgan fingerprint density at radius 2 is 1.92 bits per heavy atom. The summed E-state index contributed by atoms with van der Waals surface area (Å²) in [7, 11) is 0. The number of carbonyl (C=O) groups is 1. The van der Waals surface area contributed by atoms with Gasteiger partial charge in [0.15, 0.2) is 0 Å². The van der Waals surface area contributed by atoms with E-state index in [2.05, 4.69) is 26.5 Å². The highest BCUT2D eigenvalue weighted by Gasteiger charge is 2.22. The Kier molecular flexibility index (Phi) is 12.7. The van der Waals surface area contributed by atoms with E-state index in [4.69, 9.17) is 11.6 Å². The van der Waals surface area contributed by atoms with E-state index < -0.39 is 0 Å². The highest BCUT2D eigenvalue weighted by molar-refractivity contribution is 6.30. The number of nitrogens with zero attached hydrogens (tertiary/aromatic N) is 2. The molecule has 1 aromatic rings. The fourth-order valence-electron chi connectivity index (χ4n) is 3.26. The van der Waals surface area contributed by atoms with Gasteiger partial charge in [0, 0.05) is 56.5 Å². The molecule has 150 valence electrons. The molecule has 1 amide bonds. The predicted molar refractivity (Wildman–Crippen MR) is 116 cm³/mol. The van der Waals surface area contributed by atoms with Crippen molar-refractivity contribution in [2.24, 2.45) is 5.92 Å². The molecule has 1 unspecified atom stereocenters. The molecule has 2 heterocycles. The highest BCUT2D eigenvalue weighted by Crippen LogP contribution is 2.20. The van der Waals surface area contributed by atoms with Crippen molar-refractivity contribution in [1.29, 1.82) is 0 Å². The van der Waals surface area contributed by atoms with Crippen molar-refractivity contribution >= 4 is 60.4 Å². The fourth-order valence-corrected chi connectivity index (χ4v) is 3.45. The van der Waals surface area contributed by atoms with E-state index in [9.17, 15) is 4.79 Å². The summed E-state index contributed by atoms with van der Waals surface area (Å²) in [4.78, 5) is 16.7. The van der Waals surface area contributed by atoms with Crippen LogP contribution in [0.3, 0.4) is 0 Å². The number of hydrogen-bond acceptors (Lipinski definition) is 4. The molecule has 26 heavy (non-hydrogen) atoms. The molecule has 1 atom stereocenters. The third-order valence-electron chi connectivity index (χ3n) is 4.70. The first-order valence-corrected chi connectivity index (χ1v) is 8.81. The predicted octanol–water partition coefficient (Wildman–Crippen LogP) is 2.45. The number of benzene rings is 1. The molecule has 1 aromatic carbocycles. The monoisotopic (exact) mass is 444 g/mol. The van der Waals surface area contributed by atoms with Crippen molar-refractivity contribution in [3.63, 3.8) is 0 Å². The molecule has 0 aliphatic carbocycles. The molecule has 2 N–H and O–H groups in total. The summed E-state index contributed by atoms with van der Waals surface area (Å²) >= 11 is 6.06. The topological polar surface area (TPSA) is 47.6 Å². The van der Waals surface area contributed by atoms with Gasteiger partial charge in [-0.1, -0.05) is 17.7 Å². The van der Waals surface area contributed by atoms with Crippen LogP contribution in [-0.2, 0) is 4.79 Å². The van der Waals surface area contributed by atoms with Gasteiger partial charge in [0.05, 0.1) is 5.92 Å². The summed E-state index contributed by atoms with van der Waals surface area (Å²) in [6.45, 7) is 7.50. The lowest BCUT2D eigenvalue weighted by Gasteiger charge is -2.36. The van der Waals surface area contributed by atoms with Gasteiger partial charge in [0.1, 0.15) is 0 Å². The minimum Gasteiger partial charge on any atom is -0.369 e. The Bertz CT molecular complexity index is 535. The van der Waals surface area contributed by atoms with Gasteiger partial charge in [-0.15, -0.1) is 37.2 Å². The van der Waals surface area contributed by atoms with Crippen LogP contribution in [0.2, 0.25) is 5.02 Å². The SMILES string of the molecule is Cl.Cl.Cl.O=C(NCCN1CCN(c2cccc(Cl)c2)CC1)C1CCNC1. The number of carbonyl (C=O) groups excluding carboxylic acids is 1. The molecule has 0 spiro atoms. The standard InChI is InChI=1S/C17H25ClN4O.3ClH/c18-15-2-1-3-16(12-15)22-10-8-21(9-11-22)7-6-20-17(23)14-4-5-19-13-14;;;/h1-3,12,14,19H,4-11,13H2,(H,20,23);3*1H. The van der Waals surface area contributed by atoms with Crippen molar-refractivity contribution in [2.75, 3.05) is 57.3 Å². The van der Waals surface area contributed by atoms with Crippen LogP contribution in [0.4, 0.5) is 5.69 Å². The minimum absolute atomic E-state index is 0. The average Bonchev–Trinajstić information content (AvgIpc) is 3.10. The Morgan fingerprint density at radius 3 is 2.54 bits per heavy atom. The first kappa shape index (κ1) is 25.6. The zero-order valence-corrected chi connectivity index (χ0v) is 17.9. The molecule has 2 fully saturated rings. The number of nitrogens with one attached hydrogen (secondary N) is 2. The van der Waals surface area contributed by atoms with Gasteiger partial charge in [0.2, 0.25) is 5.91 Å². The third kappa shape index (κ3) is 7.29. The first-order chi connectivity index (χ1) is 11.2. The molecule has 9 heteroatoms. The van der Waals surface area contributed by atoms with Crippen LogP contribution in [0.1, 0.15) is 6.42 Å². The molecule has 5 nitrogen and oxygen atoms in total. The Morgan fingerprint density at radius 1 is 1.19 bits per heavy atom. The second kappa shape index (κ2) is 12.9. The lowest BCUT2D eigenvalue weighted by atomic mass is 10.1. The molecule has 2 aliphatic heterocycles. The summed E-state index contributed by atoms with van der Waals surface area (Å²) < 4.78 is 0. The van der Waals surface area contributed by atoms with Crippen LogP contribution in [-0.4, -0.2) is 63.2 Å². The van der Waals surface area contributed by atoms with Gasteiger partial charge >= 0.3 is 0 Å². The normalized spacial score (nSPS) is 19.7. The van der Waals surface area contributed by atoms with Gasteiger partial charge in [-0.2, -0.15) is 0 Å². The first-order valence-electron chi connectivity index (χ1n) is 8.44. The summed E-state index contributed by atoms with van der Waals surface area (Å²) in [6.07, 6.45) is 0.962. The van der Waals surface area contributed by atoms with Gasteiger partial charge < -0.3 is 15.5 Å². The molecule has 3 rings (SSSR count). The largest absolute Gasteiger partial charge is 0.369 e. The number of anilines is 1. The second-order valence-corrected chi connectivity index (χ2v) is 6.73. The van der Waals surface area contributed by atoms with Crippen LogP contribution < -0.4 is 15.5 Å². The van der Waals surface area contributed by atoms with E-state index in [1.165, 1.54) is 5.69 Å². The number of hydrogen-bond donors (Lipinski definition) is 2. The van der Waals surface area contributed by atoms with Crippen molar-refractivity contribution in [3.8, 4) is 0 Å². The minimum atomic E-state index is 0. The molecular formula is C17H28Cl4N4O. The number of halogens is 4. The number of rotatable bonds is 5. The van der Waals surface area contributed by atoms with E-state index in [-0.39, 0.29) is 49.0 Å². The maximum Gasteiger partial charge on any atom is 0.224 e. The fraction of sp³-hybridized carbons (Fsp3) is 0.588. The number of amides is 1. The van der Waals surface area contributed by atoms with E-state index >= 15 is 0 Å². The number of piperazine rings is 1. The quantitative estimate of drug-likeness (QED) is 0.730. The zero-order valence-electron chi connectivity index (χ0n) is 14.7. The molecule has 0 radical (unpaired) electrons. The summed E-state index contributed by atoms with van der Waals surface area (Å²) in [6, 6.07) is 8.03. The lowest BCUT2D eigenvalue weighted by molar-refractivity contribution is -0.124. The lowest BCUT2D eigenvalue weighted by Crippen LogP contribution is -2.48. The van der Waals surface area contributed by atoms with Crippen molar-refractivity contribution < 1.29 is 4.79 Å². The van der Waals surface area contributed by atoms with Crippen LogP contribution in [0.25, 0.3) is 0 Å². The molecule has 2 aliphatic rings. The maximum absolute atomic E-state index is 12.0. The van der Waals surface area contributed by atoms with E-state index in [0.717, 1.165) is 63.8 Å². The maximum atomic E-state index is 12.0. The van der Waals surface area contributed by atoms with Crippen molar-refractivity contribution in [2.45, 2.75) is 6.42 Å². The summed E-state index contributed by atoms with van der Waals surface area (Å²) in [5, 5.41) is 7.09. The van der Waals surface area contributed by atoms with Gasteiger partial charge in [0.25, 0.3) is 0 Å². The van der Waals surface area contributed by atoms with Gasteiger partial charge in [-0.25, -0.2) is 0 Å². The van der Waals surface area contributed by atoms with Crippen LogP contribution in [0.5, 0.6) is 0 Å². The second-order valence-electron chi connectivity index (χ2n) is 6.29. The molecule has 0 bridgehead atoms. The van der Waals surface area contributed by atoms with Gasteiger partial charge in [-0.05, 0) is 31.2 Å². The highest BCUT2D eigenvalue weighted by atomic mass is 35.5. The Labute approximate surface area is 179 Å². The molecule has 2 saturated heterocycles. The Balaban J connectivity index is 0.00000208. The van der Waals surface area contributed by atoms with E-state index in [1.54, 1.807) is 0 Å². The van der Waals surface area contributed by atoms with Crippen LogP contribution in [0, 0.1) is 5.92 Å².